The first-order valence-electron chi connectivity index (χ1n) is 8.74. The van der Waals surface area contributed by atoms with Crippen molar-refractivity contribution < 1.29 is 13.9 Å². The Kier molecular flexibility index (Phi) is 6.54. The molecule has 0 saturated heterocycles. The number of hydrogen-bond donors (Lipinski definition) is 1. The second kappa shape index (κ2) is 9.28. The first-order chi connectivity index (χ1) is 13.2. The van der Waals surface area contributed by atoms with Crippen molar-refractivity contribution in [2.75, 3.05) is 18.2 Å². The van der Waals surface area contributed by atoms with Gasteiger partial charge in [0, 0.05) is 17.0 Å². The number of carbonyl (C=O) groups excluding carboxylic acids is 1. The SMILES string of the molecule is CCc1ccccc1NC(=O)CSCc1coc(-c2ccc(OC)cc2)n1. The summed E-state index contributed by atoms with van der Waals surface area (Å²) in [5, 5.41) is 2.97. The standard InChI is InChI=1S/C21H22N2O3S/c1-3-15-6-4-5-7-19(15)23-20(24)14-27-13-17-12-26-21(22-17)16-8-10-18(25-2)11-9-16/h4-12H,3,13-14H2,1-2H3,(H,23,24). The maximum atomic E-state index is 12.2. The molecule has 0 aliphatic rings. The quantitative estimate of drug-likeness (QED) is 0.607. The van der Waals surface area contributed by atoms with Crippen LogP contribution < -0.4 is 10.1 Å². The molecule has 0 unspecified atom stereocenters. The lowest BCUT2D eigenvalue weighted by Crippen LogP contribution is -2.15. The maximum Gasteiger partial charge on any atom is 0.234 e. The van der Waals surface area contributed by atoms with E-state index >= 15 is 0 Å². The first kappa shape index (κ1) is 19.0. The van der Waals surface area contributed by atoms with Gasteiger partial charge < -0.3 is 14.5 Å². The molecule has 0 radical (unpaired) electrons. The van der Waals surface area contributed by atoms with Gasteiger partial charge in [0.2, 0.25) is 11.8 Å². The molecule has 0 atom stereocenters. The fourth-order valence-corrected chi connectivity index (χ4v) is 3.33. The molecule has 1 heterocycles. The number of nitrogens with zero attached hydrogens (tertiary/aromatic N) is 1. The number of aromatic nitrogens is 1. The van der Waals surface area contributed by atoms with Crippen molar-refractivity contribution in [1.29, 1.82) is 0 Å². The molecule has 140 valence electrons. The minimum Gasteiger partial charge on any atom is -0.497 e. The van der Waals surface area contributed by atoms with Gasteiger partial charge in [0.25, 0.3) is 0 Å². The van der Waals surface area contributed by atoms with E-state index in [4.69, 9.17) is 9.15 Å². The van der Waals surface area contributed by atoms with Gasteiger partial charge >= 0.3 is 0 Å². The molecule has 3 aromatic rings. The third kappa shape index (κ3) is 5.14. The number of benzene rings is 2. The fraction of sp³-hybridized carbons (Fsp3) is 0.238. The van der Waals surface area contributed by atoms with E-state index in [0.717, 1.165) is 34.7 Å². The molecule has 1 N–H and O–H groups in total. The number of methoxy groups -OCH3 is 1. The highest BCUT2D eigenvalue weighted by atomic mass is 32.2. The topological polar surface area (TPSA) is 64.4 Å². The van der Waals surface area contributed by atoms with Crippen molar-refractivity contribution in [2.24, 2.45) is 0 Å². The van der Waals surface area contributed by atoms with Crippen LogP contribution in [-0.4, -0.2) is 23.8 Å². The van der Waals surface area contributed by atoms with Crippen LogP contribution >= 0.6 is 11.8 Å². The van der Waals surface area contributed by atoms with Gasteiger partial charge in [-0.05, 0) is 42.3 Å². The van der Waals surface area contributed by atoms with Crippen LogP contribution in [0.3, 0.4) is 0 Å². The molecular formula is C21H22N2O3S. The Bertz CT molecular complexity index is 890. The summed E-state index contributed by atoms with van der Waals surface area (Å²) in [5.41, 5.74) is 3.72. The lowest BCUT2D eigenvalue weighted by atomic mass is 10.1. The molecule has 6 heteroatoms. The van der Waals surface area contributed by atoms with Gasteiger partial charge in [-0.1, -0.05) is 25.1 Å². The normalized spacial score (nSPS) is 10.6. The summed E-state index contributed by atoms with van der Waals surface area (Å²) in [7, 11) is 1.63. The molecule has 27 heavy (non-hydrogen) atoms. The van der Waals surface area contributed by atoms with Crippen molar-refractivity contribution in [3.05, 3.63) is 66.1 Å². The highest BCUT2D eigenvalue weighted by molar-refractivity contribution is 7.99. The number of rotatable bonds is 8. The third-order valence-corrected chi connectivity index (χ3v) is 5.01. The van der Waals surface area contributed by atoms with Gasteiger partial charge in [0.15, 0.2) is 0 Å². The molecule has 1 amide bonds. The second-order valence-electron chi connectivity index (χ2n) is 5.92. The van der Waals surface area contributed by atoms with Gasteiger partial charge in [-0.3, -0.25) is 4.79 Å². The van der Waals surface area contributed by atoms with Gasteiger partial charge in [0.05, 0.1) is 18.6 Å². The van der Waals surface area contributed by atoms with E-state index in [2.05, 4.69) is 17.2 Å². The molecule has 0 saturated carbocycles. The van der Waals surface area contributed by atoms with Crippen LogP contribution in [-0.2, 0) is 17.0 Å². The number of ether oxygens (including phenoxy) is 1. The summed E-state index contributed by atoms with van der Waals surface area (Å²) >= 11 is 1.51. The van der Waals surface area contributed by atoms with E-state index in [1.807, 2.05) is 48.5 Å². The lowest BCUT2D eigenvalue weighted by molar-refractivity contribution is -0.113. The Hall–Kier alpha value is -2.73. The summed E-state index contributed by atoms with van der Waals surface area (Å²) in [6.07, 6.45) is 2.52. The monoisotopic (exact) mass is 382 g/mol. The molecule has 1 aromatic heterocycles. The zero-order valence-corrected chi connectivity index (χ0v) is 16.2. The zero-order chi connectivity index (χ0) is 19.1. The van der Waals surface area contributed by atoms with Gasteiger partial charge in [-0.25, -0.2) is 4.98 Å². The van der Waals surface area contributed by atoms with Crippen molar-refractivity contribution >= 4 is 23.4 Å². The minimum atomic E-state index is -0.0141. The summed E-state index contributed by atoms with van der Waals surface area (Å²) in [5.74, 6) is 2.32. The lowest BCUT2D eigenvalue weighted by Gasteiger charge is -2.09. The smallest absolute Gasteiger partial charge is 0.234 e. The van der Waals surface area contributed by atoms with E-state index in [1.54, 1.807) is 13.4 Å². The van der Waals surface area contributed by atoms with Crippen LogP contribution in [0.15, 0.2) is 59.2 Å². The molecule has 0 bridgehead atoms. The fourth-order valence-electron chi connectivity index (χ4n) is 2.62. The molecule has 3 rings (SSSR count). The van der Waals surface area contributed by atoms with Crippen LogP contribution in [0, 0.1) is 0 Å². The average molecular weight is 382 g/mol. The number of hydrogen-bond acceptors (Lipinski definition) is 5. The van der Waals surface area contributed by atoms with E-state index in [-0.39, 0.29) is 5.91 Å². The Balaban J connectivity index is 1.50. The van der Waals surface area contributed by atoms with Crippen molar-refractivity contribution in [1.82, 2.24) is 4.98 Å². The highest BCUT2D eigenvalue weighted by Crippen LogP contribution is 2.23. The summed E-state index contributed by atoms with van der Waals surface area (Å²) in [4.78, 5) is 16.7. The van der Waals surface area contributed by atoms with Crippen LogP contribution in [0.5, 0.6) is 5.75 Å². The number of oxazole rings is 1. The largest absolute Gasteiger partial charge is 0.497 e. The third-order valence-electron chi connectivity index (χ3n) is 4.04. The number of amides is 1. The number of thioether (sulfide) groups is 1. The Morgan fingerprint density at radius 2 is 1.96 bits per heavy atom. The Labute approximate surface area is 163 Å². The number of aryl methyl sites for hydroxylation is 1. The van der Waals surface area contributed by atoms with E-state index in [9.17, 15) is 4.79 Å². The number of para-hydroxylation sites is 1. The Morgan fingerprint density at radius 1 is 1.19 bits per heavy atom. The summed E-state index contributed by atoms with van der Waals surface area (Å²) in [6.45, 7) is 2.07. The number of anilines is 1. The Morgan fingerprint density at radius 3 is 2.70 bits per heavy atom. The van der Waals surface area contributed by atoms with Crippen LogP contribution in [0.2, 0.25) is 0 Å². The van der Waals surface area contributed by atoms with E-state index in [0.29, 0.717) is 17.4 Å². The van der Waals surface area contributed by atoms with Crippen LogP contribution in [0.4, 0.5) is 5.69 Å². The molecule has 5 nitrogen and oxygen atoms in total. The predicted octanol–water partition coefficient (Wildman–Crippen LogP) is 4.78. The molecule has 0 aliphatic carbocycles. The number of nitrogens with one attached hydrogen (secondary N) is 1. The maximum absolute atomic E-state index is 12.2. The molecule has 2 aromatic carbocycles. The summed E-state index contributed by atoms with van der Waals surface area (Å²) in [6, 6.07) is 15.4. The number of carbonyl (C=O) groups is 1. The van der Waals surface area contributed by atoms with Crippen molar-refractivity contribution in [3.8, 4) is 17.2 Å². The zero-order valence-electron chi connectivity index (χ0n) is 15.4. The van der Waals surface area contributed by atoms with Gasteiger partial charge in [-0.2, -0.15) is 0 Å². The molecular weight excluding hydrogens is 360 g/mol. The van der Waals surface area contributed by atoms with Crippen LogP contribution in [0.25, 0.3) is 11.5 Å². The van der Waals surface area contributed by atoms with Gasteiger partial charge in [-0.15, -0.1) is 11.8 Å². The molecule has 0 spiro atoms. The van der Waals surface area contributed by atoms with Crippen LogP contribution in [0.1, 0.15) is 18.2 Å². The minimum absolute atomic E-state index is 0.0141. The first-order valence-corrected chi connectivity index (χ1v) is 9.89. The van der Waals surface area contributed by atoms with E-state index < -0.39 is 0 Å². The summed E-state index contributed by atoms with van der Waals surface area (Å²) < 4.78 is 10.7. The highest BCUT2D eigenvalue weighted by Gasteiger charge is 2.09. The second-order valence-corrected chi connectivity index (χ2v) is 6.91. The van der Waals surface area contributed by atoms with E-state index in [1.165, 1.54) is 11.8 Å². The molecule has 0 aliphatic heterocycles. The molecule has 0 fully saturated rings. The van der Waals surface area contributed by atoms with Crippen molar-refractivity contribution in [3.63, 3.8) is 0 Å². The van der Waals surface area contributed by atoms with Crippen molar-refractivity contribution in [2.45, 2.75) is 19.1 Å². The van der Waals surface area contributed by atoms with Gasteiger partial charge in [0.1, 0.15) is 12.0 Å². The predicted molar refractivity (Wildman–Crippen MR) is 109 cm³/mol. The average Bonchev–Trinajstić information content (AvgIpc) is 3.17.